The lowest BCUT2D eigenvalue weighted by Crippen LogP contribution is -2.34. The van der Waals surface area contributed by atoms with Crippen LogP contribution >= 0.6 is 0 Å². The zero-order valence-corrected chi connectivity index (χ0v) is 14.6. The predicted molar refractivity (Wildman–Crippen MR) is 90.9 cm³/mol. The molecular formula is C17H26N2O3S. The molecule has 1 aromatic carbocycles. The average Bonchev–Trinajstić information content (AvgIpc) is 2.91. The second-order valence-electron chi connectivity index (χ2n) is 6.42. The highest BCUT2D eigenvalue weighted by atomic mass is 32.2. The predicted octanol–water partition coefficient (Wildman–Crippen LogP) is 2.22. The molecule has 1 fully saturated rings. The zero-order valence-electron chi connectivity index (χ0n) is 13.8. The number of fused-ring (bicyclic) bond motifs is 1. The van der Waals surface area contributed by atoms with Gasteiger partial charge < -0.3 is 4.74 Å². The summed E-state index contributed by atoms with van der Waals surface area (Å²) in [6.45, 7) is 6.42. The van der Waals surface area contributed by atoms with E-state index in [2.05, 4.69) is 17.0 Å². The van der Waals surface area contributed by atoms with Crippen molar-refractivity contribution in [1.29, 1.82) is 0 Å². The van der Waals surface area contributed by atoms with E-state index in [-0.39, 0.29) is 5.75 Å². The van der Waals surface area contributed by atoms with Crippen molar-refractivity contribution in [2.24, 2.45) is 0 Å². The highest BCUT2D eigenvalue weighted by Gasteiger charge is 2.25. The van der Waals surface area contributed by atoms with Gasteiger partial charge in [0, 0.05) is 25.2 Å². The van der Waals surface area contributed by atoms with E-state index < -0.39 is 10.0 Å². The van der Waals surface area contributed by atoms with Crippen LogP contribution in [0, 0.1) is 0 Å². The van der Waals surface area contributed by atoms with Crippen molar-refractivity contribution in [1.82, 2.24) is 9.21 Å². The normalized spacial score (nSPS) is 20.0. The Morgan fingerprint density at radius 2 is 1.96 bits per heavy atom. The standard InChI is InChI=1S/C17H26N2O3S/c1-2-11-23(20,21)19-9-10-22-17-6-5-15(12-16(17)14-19)13-18-7-3-4-8-18/h5-6,12H,2-4,7-11,13-14H2,1H3. The van der Waals surface area contributed by atoms with E-state index in [1.165, 1.54) is 18.4 Å². The first-order valence-corrected chi connectivity index (χ1v) is 10.1. The number of benzene rings is 1. The van der Waals surface area contributed by atoms with Gasteiger partial charge in [-0.05, 0) is 50.0 Å². The number of nitrogens with zero attached hydrogens (tertiary/aromatic N) is 2. The highest BCUT2D eigenvalue weighted by molar-refractivity contribution is 7.89. The monoisotopic (exact) mass is 338 g/mol. The molecule has 2 heterocycles. The molecule has 1 aromatic rings. The zero-order chi connectivity index (χ0) is 16.3. The Labute approximate surface area is 139 Å². The molecule has 0 aromatic heterocycles. The van der Waals surface area contributed by atoms with Crippen LogP contribution in [0.4, 0.5) is 0 Å². The maximum atomic E-state index is 12.4. The lowest BCUT2D eigenvalue weighted by molar-refractivity contribution is 0.293. The number of rotatable bonds is 5. The summed E-state index contributed by atoms with van der Waals surface area (Å²) in [5.41, 5.74) is 2.22. The molecule has 3 rings (SSSR count). The number of likely N-dealkylation sites (tertiary alicyclic amines) is 1. The van der Waals surface area contributed by atoms with Gasteiger partial charge in [0.15, 0.2) is 0 Å². The summed E-state index contributed by atoms with van der Waals surface area (Å²) in [5, 5.41) is 0. The molecule has 2 aliphatic heterocycles. The summed E-state index contributed by atoms with van der Waals surface area (Å²) in [4.78, 5) is 2.45. The molecule has 0 atom stereocenters. The maximum Gasteiger partial charge on any atom is 0.214 e. The second-order valence-corrected chi connectivity index (χ2v) is 8.51. The van der Waals surface area contributed by atoms with E-state index in [4.69, 9.17) is 4.74 Å². The van der Waals surface area contributed by atoms with Crippen molar-refractivity contribution >= 4 is 10.0 Å². The van der Waals surface area contributed by atoms with Gasteiger partial charge in [0.05, 0.1) is 5.75 Å². The fraction of sp³-hybridized carbons (Fsp3) is 0.647. The second kappa shape index (κ2) is 7.20. The first kappa shape index (κ1) is 16.7. The molecule has 0 saturated carbocycles. The number of hydrogen-bond acceptors (Lipinski definition) is 4. The fourth-order valence-electron chi connectivity index (χ4n) is 3.35. The Kier molecular flexibility index (Phi) is 5.24. The van der Waals surface area contributed by atoms with Gasteiger partial charge in [0.1, 0.15) is 12.4 Å². The Balaban J connectivity index is 1.78. The molecular weight excluding hydrogens is 312 g/mol. The van der Waals surface area contributed by atoms with Crippen LogP contribution in [0.3, 0.4) is 0 Å². The fourth-order valence-corrected chi connectivity index (χ4v) is 4.81. The minimum Gasteiger partial charge on any atom is -0.492 e. The first-order valence-electron chi connectivity index (χ1n) is 8.53. The van der Waals surface area contributed by atoms with Crippen LogP contribution in [0.5, 0.6) is 5.75 Å². The third-order valence-corrected chi connectivity index (χ3v) is 6.55. The van der Waals surface area contributed by atoms with E-state index in [0.717, 1.165) is 30.9 Å². The third-order valence-electron chi connectivity index (χ3n) is 4.53. The molecule has 0 spiro atoms. The summed E-state index contributed by atoms with van der Waals surface area (Å²) < 4.78 is 32.1. The van der Waals surface area contributed by atoms with Crippen LogP contribution in [-0.2, 0) is 23.1 Å². The lowest BCUT2D eigenvalue weighted by atomic mass is 10.1. The van der Waals surface area contributed by atoms with E-state index in [1.807, 2.05) is 13.0 Å². The summed E-state index contributed by atoms with van der Waals surface area (Å²) in [6, 6.07) is 6.22. The molecule has 0 N–H and O–H groups in total. The first-order chi connectivity index (χ1) is 11.1. The molecule has 2 aliphatic rings. The van der Waals surface area contributed by atoms with Gasteiger partial charge in [-0.15, -0.1) is 0 Å². The third kappa shape index (κ3) is 4.05. The SMILES string of the molecule is CCCS(=O)(=O)N1CCOc2ccc(CN3CCCC3)cc2C1. The Hall–Kier alpha value is -1.11. The van der Waals surface area contributed by atoms with Crippen LogP contribution in [0.2, 0.25) is 0 Å². The smallest absolute Gasteiger partial charge is 0.214 e. The van der Waals surface area contributed by atoms with Crippen LogP contribution in [-0.4, -0.2) is 49.6 Å². The van der Waals surface area contributed by atoms with Crippen LogP contribution in [0.15, 0.2) is 18.2 Å². The van der Waals surface area contributed by atoms with Crippen LogP contribution in [0.25, 0.3) is 0 Å². The minimum atomic E-state index is -3.19. The molecule has 6 heteroatoms. The van der Waals surface area contributed by atoms with Gasteiger partial charge in [-0.1, -0.05) is 13.0 Å². The Morgan fingerprint density at radius 3 is 2.70 bits per heavy atom. The van der Waals surface area contributed by atoms with Gasteiger partial charge in [-0.25, -0.2) is 8.42 Å². The van der Waals surface area contributed by atoms with E-state index in [9.17, 15) is 8.42 Å². The summed E-state index contributed by atoms with van der Waals surface area (Å²) in [7, 11) is -3.19. The molecule has 5 nitrogen and oxygen atoms in total. The van der Waals surface area contributed by atoms with E-state index in [0.29, 0.717) is 26.1 Å². The Bertz CT molecular complexity index is 639. The van der Waals surface area contributed by atoms with Crippen molar-refractivity contribution in [3.8, 4) is 5.75 Å². The minimum absolute atomic E-state index is 0.204. The van der Waals surface area contributed by atoms with Gasteiger partial charge in [-0.3, -0.25) is 4.90 Å². The van der Waals surface area contributed by atoms with Crippen molar-refractivity contribution in [2.75, 3.05) is 32.0 Å². The molecule has 0 radical (unpaired) electrons. The summed E-state index contributed by atoms with van der Waals surface area (Å²) in [6.07, 6.45) is 3.19. The molecule has 0 unspecified atom stereocenters. The average molecular weight is 338 g/mol. The van der Waals surface area contributed by atoms with Crippen molar-refractivity contribution in [2.45, 2.75) is 39.3 Å². The highest BCUT2D eigenvalue weighted by Crippen LogP contribution is 2.27. The van der Waals surface area contributed by atoms with Gasteiger partial charge in [-0.2, -0.15) is 4.31 Å². The molecule has 1 saturated heterocycles. The van der Waals surface area contributed by atoms with Gasteiger partial charge in [0.2, 0.25) is 10.0 Å². The van der Waals surface area contributed by atoms with Gasteiger partial charge in [0.25, 0.3) is 0 Å². The molecule has 128 valence electrons. The largest absolute Gasteiger partial charge is 0.492 e. The number of hydrogen-bond donors (Lipinski definition) is 0. The lowest BCUT2D eigenvalue weighted by Gasteiger charge is -2.20. The van der Waals surface area contributed by atoms with Crippen molar-refractivity contribution < 1.29 is 13.2 Å². The Morgan fingerprint density at radius 1 is 1.17 bits per heavy atom. The molecule has 0 aliphatic carbocycles. The molecule has 0 bridgehead atoms. The van der Waals surface area contributed by atoms with Crippen LogP contribution < -0.4 is 4.74 Å². The van der Waals surface area contributed by atoms with E-state index >= 15 is 0 Å². The number of sulfonamides is 1. The van der Waals surface area contributed by atoms with Crippen molar-refractivity contribution in [3.63, 3.8) is 0 Å². The summed E-state index contributed by atoms with van der Waals surface area (Å²) in [5.74, 6) is 1.03. The summed E-state index contributed by atoms with van der Waals surface area (Å²) >= 11 is 0. The van der Waals surface area contributed by atoms with Crippen molar-refractivity contribution in [3.05, 3.63) is 29.3 Å². The molecule has 23 heavy (non-hydrogen) atoms. The molecule has 0 amide bonds. The quantitative estimate of drug-likeness (QED) is 0.826. The van der Waals surface area contributed by atoms with Crippen LogP contribution in [0.1, 0.15) is 37.3 Å². The van der Waals surface area contributed by atoms with E-state index in [1.54, 1.807) is 4.31 Å². The number of ether oxygens (including phenoxy) is 1. The topological polar surface area (TPSA) is 49.9 Å². The van der Waals surface area contributed by atoms with Gasteiger partial charge >= 0.3 is 0 Å². The maximum absolute atomic E-state index is 12.4.